The molecular weight excluding hydrogens is 316 g/mol. The van der Waals surface area contributed by atoms with E-state index in [-0.39, 0.29) is 18.2 Å². The molecule has 1 atom stereocenters. The minimum atomic E-state index is -0.972. The van der Waals surface area contributed by atoms with Crippen LogP contribution in [-0.4, -0.2) is 34.4 Å². The molecule has 1 unspecified atom stereocenters. The number of carboxylic acids is 1. The van der Waals surface area contributed by atoms with E-state index in [1.54, 1.807) is 30.0 Å². The molecule has 0 bridgehead atoms. The van der Waals surface area contributed by atoms with Crippen LogP contribution in [0.25, 0.3) is 0 Å². The normalized spacial score (nSPS) is 20.1. The Morgan fingerprint density at radius 2 is 2.04 bits per heavy atom. The van der Waals surface area contributed by atoms with E-state index in [2.05, 4.69) is 10.6 Å². The van der Waals surface area contributed by atoms with Crippen LogP contribution in [0.15, 0.2) is 18.2 Å². The summed E-state index contributed by atoms with van der Waals surface area (Å²) in [5, 5.41) is 14.8. The highest BCUT2D eigenvalue weighted by atomic mass is 32.2. The lowest BCUT2D eigenvalue weighted by atomic mass is 9.84. The van der Waals surface area contributed by atoms with Gasteiger partial charge in [-0.25, -0.2) is 0 Å². The highest BCUT2D eigenvalue weighted by Crippen LogP contribution is 2.39. The highest BCUT2D eigenvalue weighted by Gasteiger charge is 2.43. The molecule has 124 valence electrons. The van der Waals surface area contributed by atoms with E-state index in [1.165, 1.54) is 6.92 Å². The van der Waals surface area contributed by atoms with Gasteiger partial charge in [0.25, 0.3) is 0 Å². The number of aliphatic carboxylic acids is 1. The summed E-state index contributed by atoms with van der Waals surface area (Å²) in [6.07, 6.45) is 0.462. The Bertz CT molecular complexity index is 639. The lowest BCUT2D eigenvalue weighted by molar-refractivity contribution is -0.149. The molecule has 1 aliphatic rings. The van der Waals surface area contributed by atoms with Crippen LogP contribution in [0.1, 0.15) is 25.3 Å². The number of amides is 2. The van der Waals surface area contributed by atoms with E-state index in [1.807, 2.05) is 6.92 Å². The van der Waals surface area contributed by atoms with Crippen LogP contribution in [0.4, 0.5) is 11.4 Å². The number of thioether (sulfide) groups is 1. The van der Waals surface area contributed by atoms with E-state index >= 15 is 0 Å². The number of aryl methyl sites for hydroxylation is 1. The fourth-order valence-corrected chi connectivity index (χ4v) is 3.97. The summed E-state index contributed by atoms with van der Waals surface area (Å²) in [5.41, 5.74) is 1.07. The average molecular weight is 336 g/mol. The molecule has 6 nitrogen and oxygen atoms in total. The van der Waals surface area contributed by atoms with Crippen molar-refractivity contribution in [1.82, 2.24) is 0 Å². The Morgan fingerprint density at radius 1 is 1.30 bits per heavy atom. The lowest BCUT2D eigenvalue weighted by Gasteiger charge is -2.22. The molecule has 0 radical (unpaired) electrons. The van der Waals surface area contributed by atoms with E-state index in [0.29, 0.717) is 23.5 Å². The van der Waals surface area contributed by atoms with Crippen molar-refractivity contribution in [1.29, 1.82) is 0 Å². The monoisotopic (exact) mass is 336 g/mol. The van der Waals surface area contributed by atoms with Gasteiger partial charge in [-0.05, 0) is 36.8 Å². The second-order valence-electron chi connectivity index (χ2n) is 5.82. The number of carbonyl (C=O) groups excluding carboxylic acids is 2. The van der Waals surface area contributed by atoms with Crippen molar-refractivity contribution in [3.8, 4) is 0 Å². The van der Waals surface area contributed by atoms with Crippen LogP contribution in [0, 0.1) is 12.3 Å². The Kier molecular flexibility index (Phi) is 5.30. The molecule has 0 aliphatic carbocycles. The maximum Gasteiger partial charge on any atom is 0.311 e. The zero-order valence-electron chi connectivity index (χ0n) is 13.1. The first-order chi connectivity index (χ1) is 10.8. The number of rotatable bonds is 5. The van der Waals surface area contributed by atoms with Crippen molar-refractivity contribution in [3.05, 3.63) is 23.8 Å². The Labute approximate surface area is 139 Å². The minimum absolute atomic E-state index is 0.0430. The van der Waals surface area contributed by atoms with Crippen LogP contribution < -0.4 is 10.6 Å². The van der Waals surface area contributed by atoms with Gasteiger partial charge in [-0.15, -0.1) is 0 Å². The van der Waals surface area contributed by atoms with E-state index in [0.717, 1.165) is 11.3 Å². The summed E-state index contributed by atoms with van der Waals surface area (Å²) in [6.45, 7) is 3.27. The number of hydrogen-bond acceptors (Lipinski definition) is 4. The molecule has 1 aromatic rings. The van der Waals surface area contributed by atoms with Gasteiger partial charge in [-0.1, -0.05) is 6.07 Å². The Balaban J connectivity index is 2.08. The van der Waals surface area contributed by atoms with Gasteiger partial charge in [0.05, 0.1) is 5.41 Å². The van der Waals surface area contributed by atoms with E-state index < -0.39 is 11.4 Å². The van der Waals surface area contributed by atoms with Gasteiger partial charge >= 0.3 is 5.97 Å². The average Bonchev–Trinajstić information content (AvgIpc) is 2.91. The predicted octanol–water partition coefficient (Wildman–Crippen LogP) is 2.49. The summed E-state index contributed by atoms with van der Waals surface area (Å²) >= 11 is 1.56. The second kappa shape index (κ2) is 7.04. The topological polar surface area (TPSA) is 95.5 Å². The maximum atomic E-state index is 12.2. The van der Waals surface area contributed by atoms with E-state index in [9.17, 15) is 19.5 Å². The van der Waals surface area contributed by atoms with Gasteiger partial charge in [0.15, 0.2) is 0 Å². The zero-order valence-corrected chi connectivity index (χ0v) is 14.0. The molecule has 1 fully saturated rings. The number of hydrogen-bond donors (Lipinski definition) is 3. The third kappa shape index (κ3) is 4.25. The van der Waals surface area contributed by atoms with Gasteiger partial charge < -0.3 is 15.7 Å². The molecule has 0 saturated carbocycles. The maximum absolute atomic E-state index is 12.2. The third-order valence-corrected chi connectivity index (χ3v) is 5.14. The molecule has 23 heavy (non-hydrogen) atoms. The summed E-state index contributed by atoms with van der Waals surface area (Å²) in [7, 11) is 0. The molecule has 0 aromatic heterocycles. The lowest BCUT2D eigenvalue weighted by Crippen LogP contribution is -2.35. The smallest absolute Gasteiger partial charge is 0.311 e. The molecule has 1 aliphatic heterocycles. The number of nitrogens with one attached hydrogen (secondary N) is 2. The van der Waals surface area contributed by atoms with Gasteiger partial charge in [0, 0.05) is 30.5 Å². The molecule has 0 spiro atoms. The standard InChI is InChI=1S/C16H20N2O4S/c1-10-3-4-12(7-13(10)17-11(2)19)18-14(20)8-16(15(21)22)5-6-23-9-16/h3-4,7H,5-6,8-9H2,1-2H3,(H,17,19)(H,18,20)(H,21,22). The Morgan fingerprint density at radius 3 is 2.61 bits per heavy atom. The van der Waals surface area contributed by atoms with Crippen molar-refractivity contribution < 1.29 is 19.5 Å². The number of carbonyl (C=O) groups is 3. The fourth-order valence-electron chi connectivity index (χ4n) is 2.53. The van der Waals surface area contributed by atoms with Crippen molar-refractivity contribution in [2.75, 3.05) is 22.1 Å². The first-order valence-corrected chi connectivity index (χ1v) is 8.47. The molecule has 1 saturated heterocycles. The van der Waals surface area contributed by atoms with Crippen molar-refractivity contribution in [2.24, 2.45) is 5.41 Å². The molecular formula is C16H20N2O4S. The second-order valence-corrected chi connectivity index (χ2v) is 6.93. The molecule has 7 heteroatoms. The molecule has 1 heterocycles. The fraction of sp³-hybridized carbons (Fsp3) is 0.438. The molecule has 3 N–H and O–H groups in total. The van der Waals surface area contributed by atoms with Crippen molar-refractivity contribution in [3.63, 3.8) is 0 Å². The SMILES string of the molecule is CC(=O)Nc1cc(NC(=O)CC2(C(=O)O)CCSC2)ccc1C. The third-order valence-electron chi connectivity index (χ3n) is 3.89. The number of anilines is 2. The largest absolute Gasteiger partial charge is 0.481 e. The first-order valence-electron chi connectivity index (χ1n) is 7.32. The van der Waals surface area contributed by atoms with Gasteiger partial charge in [0.2, 0.25) is 11.8 Å². The van der Waals surface area contributed by atoms with Crippen LogP contribution in [0.3, 0.4) is 0 Å². The van der Waals surface area contributed by atoms with E-state index in [4.69, 9.17) is 0 Å². The summed E-state index contributed by atoms with van der Waals surface area (Å²) in [6, 6.07) is 5.19. The summed E-state index contributed by atoms with van der Waals surface area (Å²) < 4.78 is 0. The summed E-state index contributed by atoms with van der Waals surface area (Å²) in [5.74, 6) is -0.213. The Hall–Kier alpha value is -2.02. The van der Waals surface area contributed by atoms with Crippen LogP contribution in [-0.2, 0) is 14.4 Å². The molecule has 2 amide bonds. The quantitative estimate of drug-likeness (QED) is 0.768. The number of carboxylic acid groups (broad SMARTS) is 1. The summed E-state index contributed by atoms with van der Waals surface area (Å²) in [4.78, 5) is 34.9. The zero-order chi connectivity index (χ0) is 17.0. The van der Waals surface area contributed by atoms with Gasteiger partial charge in [-0.2, -0.15) is 11.8 Å². The molecule has 2 rings (SSSR count). The van der Waals surface area contributed by atoms with Crippen molar-refractivity contribution >= 4 is 40.9 Å². The van der Waals surface area contributed by atoms with Crippen molar-refractivity contribution in [2.45, 2.75) is 26.7 Å². The van der Waals surface area contributed by atoms with Crippen LogP contribution >= 0.6 is 11.8 Å². The van der Waals surface area contributed by atoms with Gasteiger partial charge in [-0.3, -0.25) is 14.4 Å². The minimum Gasteiger partial charge on any atom is -0.481 e. The number of benzene rings is 1. The predicted molar refractivity (Wildman–Crippen MR) is 90.7 cm³/mol. The molecule has 1 aromatic carbocycles. The first kappa shape index (κ1) is 17.3. The highest BCUT2D eigenvalue weighted by molar-refractivity contribution is 7.99. The van der Waals surface area contributed by atoms with Gasteiger partial charge in [0.1, 0.15) is 0 Å². The van der Waals surface area contributed by atoms with Crippen LogP contribution in [0.5, 0.6) is 0 Å². The van der Waals surface area contributed by atoms with Crippen LogP contribution in [0.2, 0.25) is 0 Å².